The monoisotopic (exact) mass is 665 g/mol. The Morgan fingerprint density at radius 1 is 0.844 bits per heavy atom. The quantitative estimate of drug-likeness (QED) is 0.146. The molecule has 0 fully saturated rings. The van der Waals surface area contributed by atoms with Crippen LogP contribution in [-0.4, -0.2) is 44.3 Å². The van der Waals surface area contributed by atoms with Crippen molar-refractivity contribution < 1.29 is 18.0 Å². The van der Waals surface area contributed by atoms with Gasteiger partial charge in [-0.25, -0.2) is 8.42 Å². The molecule has 0 bridgehead atoms. The molecule has 0 aromatic heterocycles. The van der Waals surface area contributed by atoms with E-state index in [1.165, 1.54) is 29.2 Å². The number of hydrogen-bond acceptors (Lipinski definition) is 4. The van der Waals surface area contributed by atoms with Crippen molar-refractivity contribution in [1.29, 1.82) is 0 Å². The van der Waals surface area contributed by atoms with E-state index in [-0.39, 0.29) is 39.5 Å². The fraction of sp³-hybridized carbons (Fsp3) is 0.257. The lowest BCUT2D eigenvalue weighted by atomic mass is 10.0. The molecule has 0 aliphatic rings. The number of benzene rings is 4. The number of halogens is 2. The van der Waals surface area contributed by atoms with Crippen molar-refractivity contribution in [3.63, 3.8) is 0 Å². The predicted octanol–water partition coefficient (Wildman–Crippen LogP) is 7.05. The lowest BCUT2D eigenvalue weighted by Crippen LogP contribution is -2.53. The van der Waals surface area contributed by atoms with E-state index in [1.807, 2.05) is 68.4 Å². The average Bonchev–Trinajstić information content (AvgIpc) is 3.04. The van der Waals surface area contributed by atoms with Gasteiger partial charge in [-0.3, -0.25) is 13.9 Å². The largest absolute Gasteiger partial charge is 0.354 e. The smallest absolute Gasteiger partial charge is 0.264 e. The van der Waals surface area contributed by atoms with Crippen molar-refractivity contribution in [2.45, 2.75) is 50.6 Å². The minimum atomic E-state index is -4.28. The van der Waals surface area contributed by atoms with E-state index in [0.717, 1.165) is 33.8 Å². The second-order valence-corrected chi connectivity index (χ2v) is 13.5. The fourth-order valence-electron chi connectivity index (χ4n) is 4.86. The minimum Gasteiger partial charge on any atom is -0.354 e. The van der Waals surface area contributed by atoms with Gasteiger partial charge in [0.1, 0.15) is 12.6 Å². The van der Waals surface area contributed by atoms with Crippen LogP contribution in [0.4, 0.5) is 5.69 Å². The van der Waals surface area contributed by atoms with Crippen LogP contribution in [0.5, 0.6) is 0 Å². The molecule has 1 atom stereocenters. The third-order valence-electron chi connectivity index (χ3n) is 7.36. The molecule has 0 heterocycles. The number of unbranched alkanes of at least 4 members (excludes halogenated alkanes) is 1. The summed E-state index contributed by atoms with van der Waals surface area (Å²) in [6.07, 6.45) is 1.91. The summed E-state index contributed by atoms with van der Waals surface area (Å²) in [4.78, 5) is 29.8. The van der Waals surface area contributed by atoms with Crippen molar-refractivity contribution in [2.24, 2.45) is 0 Å². The Hall–Kier alpha value is -3.85. The van der Waals surface area contributed by atoms with Gasteiger partial charge in [0.15, 0.2) is 0 Å². The number of carbonyl (C=O) groups is 2. The number of nitrogens with one attached hydrogen (secondary N) is 1. The molecule has 236 valence electrons. The molecule has 4 rings (SSSR count). The average molecular weight is 667 g/mol. The first-order chi connectivity index (χ1) is 21.6. The van der Waals surface area contributed by atoms with Gasteiger partial charge in [-0.15, -0.1) is 0 Å². The second-order valence-electron chi connectivity index (χ2n) is 10.8. The van der Waals surface area contributed by atoms with Gasteiger partial charge in [0.25, 0.3) is 10.0 Å². The maximum atomic E-state index is 14.5. The molecule has 7 nitrogen and oxygen atoms in total. The molecule has 10 heteroatoms. The third kappa shape index (κ3) is 9.10. The topological polar surface area (TPSA) is 86.8 Å². The van der Waals surface area contributed by atoms with E-state index in [2.05, 4.69) is 5.32 Å². The first kappa shape index (κ1) is 34.0. The molecule has 4 aromatic carbocycles. The summed E-state index contributed by atoms with van der Waals surface area (Å²) in [7, 11) is -4.28. The summed E-state index contributed by atoms with van der Waals surface area (Å²) < 4.78 is 29.2. The van der Waals surface area contributed by atoms with Gasteiger partial charge in [-0.2, -0.15) is 0 Å². The normalized spacial score (nSPS) is 11.9. The van der Waals surface area contributed by atoms with Gasteiger partial charge in [0.05, 0.1) is 15.6 Å². The number of hydrogen-bond donors (Lipinski definition) is 1. The zero-order valence-corrected chi connectivity index (χ0v) is 27.7. The van der Waals surface area contributed by atoms with Crippen molar-refractivity contribution in [1.82, 2.24) is 10.2 Å². The minimum absolute atomic E-state index is 0.0166. The van der Waals surface area contributed by atoms with Crippen LogP contribution in [-0.2, 0) is 32.6 Å². The number of anilines is 1. The maximum Gasteiger partial charge on any atom is 0.264 e. The molecule has 0 radical (unpaired) electrons. The molecule has 1 N–H and O–H groups in total. The molecule has 45 heavy (non-hydrogen) atoms. The Morgan fingerprint density at radius 2 is 1.49 bits per heavy atom. The number of carbonyl (C=O) groups excluding carboxylic acids is 2. The number of sulfonamides is 1. The zero-order valence-electron chi connectivity index (χ0n) is 25.3. The van der Waals surface area contributed by atoms with Gasteiger partial charge in [-0.1, -0.05) is 115 Å². The van der Waals surface area contributed by atoms with Crippen LogP contribution in [0.25, 0.3) is 0 Å². The van der Waals surface area contributed by atoms with E-state index in [4.69, 9.17) is 23.2 Å². The Kier molecular flexibility index (Phi) is 12.0. The summed E-state index contributed by atoms with van der Waals surface area (Å²) in [5, 5.41) is 3.35. The molecule has 0 saturated heterocycles. The summed E-state index contributed by atoms with van der Waals surface area (Å²) in [6, 6.07) is 28.5. The third-order valence-corrected chi connectivity index (χ3v) is 9.69. The van der Waals surface area contributed by atoms with Gasteiger partial charge in [0.2, 0.25) is 11.8 Å². The number of aryl methyl sites for hydroxylation is 1. The summed E-state index contributed by atoms with van der Waals surface area (Å²) >= 11 is 12.8. The van der Waals surface area contributed by atoms with E-state index in [1.54, 1.807) is 24.3 Å². The molecule has 0 spiro atoms. The van der Waals surface area contributed by atoms with E-state index in [9.17, 15) is 18.0 Å². The Morgan fingerprint density at radius 3 is 2.13 bits per heavy atom. The fourth-order valence-corrected chi connectivity index (χ4v) is 6.74. The van der Waals surface area contributed by atoms with E-state index < -0.39 is 28.5 Å². The SMILES string of the molecule is CCCCNC(=O)[C@H](Cc1ccccc1)N(Cc1ccc(C)cc1)C(=O)CN(c1cc(Cl)ccc1Cl)S(=O)(=O)c1ccccc1. The lowest BCUT2D eigenvalue weighted by Gasteiger charge is -2.34. The molecule has 0 saturated carbocycles. The summed E-state index contributed by atoms with van der Waals surface area (Å²) in [5.41, 5.74) is 2.77. The molecule has 0 aliphatic heterocycles. The van der Waals surface area contributed by atoms with Crippen molar-refractivity contribution >= 4 is 50.7 Å². The van der Waals surface area contributed by atoms with E-state index >= 15 is 0 Å². The Labute approximate surface area is 275 Å². The standard InChI is InChI=1S/C35H37Cl2N3O4S/c1-3-4-21-38-35(42)33(22-27-11-7-5-8-12-27)39(24-28-17-15-26(2)16-18-28)34(41)25-40(32-23-29(36)19-20-31(32)37)45(43,44)30-13-9-6-10-14-30/h5-20,23,33H,3-4,21-22,24-25H2,1-2H3,(H,38,42)/t33-/m0/s1. The molecule has 0 unspecified atom stereocenters. The van der Waals surface area contributed by atoms with Crippen LogP contribution in [0, 0.1) is 6.92 Å². The molecule has 0 aliphatic carbocycles. The first-order valence-electron chi connectivity index (χ1n) is 14.8. The van der Waals surface area contributed by atoms with Crippen molar-refractivity contribution in [3.05, 3.63) is 130 Å². The number of amides is 2. The highest BCUT2D eigenvalue weighted by Gasteiger charge is 2.35. The highest BCUT2D eigenvalue weighted by Crippen LogP contribution is 2.33. The summed E-state index contributed by atoms with van der Waals surface area (Å²) in [6.45, 7) is 3.92. The van der Waals surface area contributed by atoms with Gasteiger partial charge >= 0.3 is 0 Å². The zero-order chi connectivity index (χ0) is 32.4. The van der Waals surface area contributed by atoms with Crippen LogP contribution >= 0.6 is 23.2 Å². The molecule has 2 amide bonds. The molecule has 4 aromatic rings. The van der Waals surface area contributed by atoms with Crippen LogP contribution in [0.3, 0.4) is 0 Å². The number of rotatable bonds is 14. The van der Waals surface area contributed by atoms with Crippen LogP contribution in [0.2, 0.25) is 10.0 Å². The highest BCUT2D eigenvalue weighted by atomic mass is 35.5. The first-order valence-corrected chi connectivity index (χ1v) is 17.0. The second kappa shape index (κ2) is 15.9. The van der Waals surface area contributed by atoms with Gasteiger partial charge in [-0.05, 0) is 54.8 Å². The molecular weight excluding hydrogens is 629 g/mol. The Balaban J connectivity index is 1.81. The van der Waals surface area contributed by atoms with E-state index in [0.29, 0.717) is 6.54 Å². The predicted molar refractivity (Wildman–Crippen MR) is 181 cm³/mol. The number of nitrogens with zero attached hydrogens (tertiary/aromatic N) is 2. The van der Waals surface area contributed by atoms with Crippen LogP contribution < -0.4 is 9.62 Å². The lowest BCUT2D eigenvalue weighted by molar-refractivity contribution is -0.140. The van der Waals surface area contributed by atoms with Crippen molar-refractivity contribution in [2.75, 3.05) is 17.4 Å². The maximum absolute atomic E-state index is 14.5. The van der Waals surface area contributed by atoms with Crippen molar-refractivity contribution in [3.8, 4) is 0 Å². The Bertz CT molecular complexity index is 1690. The molecular formula is C35H37Cl2N3O4S. The van der Waals surface area contributed by atoms with Gasteiger partial charge in [0, 0.05) is 24.5 Å². The van der Waals surface area contributed by atoms with Crippen LogP contribution in [0.15, 0.2) is 108 Å². The van der Waals surface area contributed by atoms with Gasteiger partial charge < -0.3 is 10.2 Å². The highest BCUT2D eigenvalue weighted by molar-refractivity contribution is 7.92. The van der Waals surface area contributed by atoms with Crippen LogP contribution in [0.1, 0.15) is 36.5 Å². The summed E-state index contributed by atoms with van der Waals surface area (Å²) in [5.74, 6) is -0.885.